The van der Waals surface area contributed by atoms with Crippen LogP contribution in [0, 0.1) is 0 Å². The minimum Gasteiger partial charge on any atom is -0.468 e. The topological polar surface area (TPSA) is 26.3 Å². The molecule has 1 aromatic carbocycles. The van der Waals surface area contributed by atoms with Crippen molar-refractivity contribution in [2.45, 2.75) is 36.4 Å². The molecule has 3 heteroatoms. The molecule has 1 fully saturated rings. The number of ether oxygens (including phenoxy) is 1. The number of carbonyl (C=O) groups excluding carboxylic acids is 1. The third kappa shape index (κ3) is 2.25. The summed E-state index contributed by atoms with van der Waals surface area (Å²) in [6.07, 6.45) is 4.03. The molecule has 1 aliphatic rings. The molecule has 0 aliphatic heterocycles. The highest BCUT2D eigenvalue weighted by Crippen LogP contribution is 2.42. The summed E-state index contributed by atoms with van der Waals surface area (Å²) < 4.78 is 5.00. The summed E-state index contributed by atoms with van der Waals surface area (Å²) in [6.45, 7) is 0. The van der Waals surface area contributed by atoms with Crippen LogP contribution in [0.2, 0.25) is 0 Å². The molecular formula is C14H17BrO2. The molecule has 2 nitrogen and oxygen atoms in total. The zero-order chi connectivity index (χ0) is 12.3. The second kappa shape index (κ2) is 5.21. The van der Waals surface area contributed by atoms with E-state index in [9.17, 15) is 4.79 Å². The van der Waals surface area contributed by atoms with Gasteiger partial charge in [-0.25, -0.2) is 0 Å². The Bertz CT molecular complexity index is 391. The van der Waals surface area contributed by atoms with Crippen LogP contribution >= 0.6 is 15.9 Å². The van der Waals surface area contributed by atoms with Gasteiger partial charge in [0.15, 0.2) is 0 Å². The molecule has 0 radical (unpaired) electrons. The van der Waals surface area contributed by atoms with Gasteiger partial charge in [-0.1, -0.05) is 53.0 Å². The quantitative estimate of drug-likeness (QED) is 0.630. The van der Waals surface area contributed by atoms with Crippen molar-refractivity contribution in [3.05, 3.63) is 35.4 Å². The van der Waals surface area contributed by atoms with E-state index in [2.05, 4.69) is 40.2 Å². The number of methoxy groups -OCH3 is 1. The van der Waals surface area contributed by atoms with Crippen LogP contribution in [0.15, 0.2) is 24.3 Å². The molecule has 1 saturated carbocycles. The second-order valence-corrected chi connectivity index (χ2v) is 5.17. The van der Waals surface area contributed by atoms with Gasteiger partial charge in [-0.3, -0.25) is 4.79 Å². The number of carbonyl (C=O) groups is 1. The minimum absolute atomic E-state index is 0.0819. The van der Waals surface area contributed by atoms with E-state index in [1.165, 1.54) is 12.7 Å². The number of rotatable bonds is 3. The molecule has 1 aliphatic carbocycles. The first-order valence-electron chi connectivity index (χ1n) is 5.97. The molecule has 0 heterocycles. The van der Waals surface area contributed by atoms with Crippen LogP contribution in [0.4, 0.5) is 0 Å². The molecule has 0 atom stereocenters. The third-order valence-electron chi connectivity index (χ3n) is 3.69. The fourth-order valence-corrected chi connectivity index (χ4v) is 3.07. The maximum absolute atomic E-state index is 12.1. The van der Waals surface area contributed by atoms with E-state index in [0.717, 1.165) is 36.6 Å². The van der Waals surface area contributed by atoms with E-state index in [0.29, 0.717) is 0 Å². The normalized spacial score (nSPS) is 18.0. The lowest BCUT2D eigenvalue weighted by Gasteiger charge is -2.26. The number of hydrogen-bond donors (Lipinski definition) is 0. The van der Waals surface area contributed by atoms with Gasteiger partial charge < -0.3 is 4.74 Å². The highest BCUT2D eigenvalue weighted by Gasteiger charge is 2.43. The standard InChI is InChI=1S/C14H17BrO2/c1-17-13(16)14(8-2-3-9-14)12-6-4-11(10-15)5-7-12/h4-7H,2-3,8-10H2,1H3. The Morgan fingerprint density at radius 3 is 2.35 bits per heavy atom. The zero-order valence-corrected chi connectivity index (χ0v) is 11.6. The summed E-state index contributed by atoms with van der Waals surface area (Å²) >= 11 is 3.43. The SMILES string of the molecule is COC(=O)C1(c2ccc(CBr)cc2)CCCC1. The average Bonchev–Trinajstić information content (AvgIpc) is 2.88. The summed E-state index contributed by atoms with van der Waals surface area (Å²) in [4.78, 5) is 12.1. The van der Waals surface area contributed by atoms with Gasteiger partial charge in [0.2, 0.25) is 0 Å². The number of benzene rings is 1. The van der Waals surface area contributed by atoms with Crippen LogP contribution in [0.1, 0.15) is 36.8 Å². The van der Waals surface area contributed by atoms with Gasteiger partial charge in [-0.15, -0.1) is 0 Å². The van der Waals surface area contributed by atoms with Crippen molar-refractivity contribution in [1.82, 2.24) is 0 Å². The van der Waals surface area contributed by atoms with Gasteiger partial charge in [0.05, 0.1) is 12.5 Å². The first-order chi connectivity index (χ1) is 8.23. The maximum atomic E-state index is 12.1. The van der Waals surface area contributed by atoms with Crippen molar-refractivity contribution >= 4 is 21.9 Å². The van der Waals surface area contributed by atoms with E-state index >= 15 is 0 Å². The van der Waals surface area contributed by atoms with Gasteiger partial charge in [0, 0.05) is 5.33 Å². The fraction of sp³-hybridized carbons (Fsp3) is 0.500. The average molecular weight is 297 g/mol. The van der Waals surface area contributed by atoms with Gasteiger partial charge in [-0.05, 0) is 24.0 Å². The number of halogens is 1. The largest absolute Gasteiger partial charge is 0.468 e. The van der Waals surface area contributed by atoms with Crippen LogP contribution in [-0.2, 0) is 20.3 Å². The van der Waals surface area contributed by atoms with Crippen molar-refractivity contribution in [3.63, 3.8) is 0 Å². The van der Waals surface area contributed by atoms with Crippen LogP contribution in [0.5, 0.6) is 0 Å². The van der Waals surface area contributed by atoms with Crippen LogP contribution in [0.25, 0.3) is 0 Å². The predicted molar refractivity (Wildman–Crippen MR) is 71.2 cm³/mol. The van der Waals surface area contributed by atoms with Crippen LogP contribution < -0.4 is 0 Å². The summed E-state index contributed by atoms with van der Waals surface area (Å²) in [5, 5.41) is 0.846. The molecule has 2 rings (SSSR count). The van der Waals surface area contributed by atoms with Crippen molar-refractivity contribution in [2.24, 2.45) is 0 Å². The minimum atomic E-state index is -0.389. The zero-order valence-electron chi connectivity index (χ0n) is 10.0. The van der Waals surface area contributed by atoms with E-state index in [-0.39, 0.29) is 11.4 Å². The molecular weight excluding hydrogens is 280 g/mol. The third-order valence-corrected chi connectivity index (χ3v) is 4.34. The van der Waals surface area contributed by atoms with E-state index in [1.54, 1.807) is 0 Å². The molecule has 0 spiro atoms. The first-order valence-corrected chi connectivity index (χ1v) is 7.09. The molecule has 0 saturated heterocycles. The highest BCUT2D eigenvalue weighted by atomic mass is 79.9. The second-order valence-electron chi connectivity index (χ2n) is 4.61. The van der Waals surface area contributed by atoms with E-state index in [1.807, 2.05) is 0 Å². The van der Waals surface area contributed by atoms with Gasteiger partial charge in [0.1, 0.15) is 0 Å². The number of esters is 1. The summed E-state index contributed by atoms with van der Waals surface area (Å²) in [5.74, 6) is -0.0819. The Kier molecular flexibility index (Phi) is 3.87. The maximum Gasteiger partial charge on any atom is 0.316 e. The van der Waals surface area contributed by atoms with E-state index < -0.39 is 0 Å². The Morgan fingerprint density at radius 1 is 1.29 bits per heavy atom. The fourth-order valence-electron chi connectivity index (χ4n) is 2.70. The van der Waals surface area contributed by atoms with Gasteiger partial charge in [0.25, 0.3) is 0 Å². The van der Waals surface area contributed by atoms with E-state index in [4.69, 9.17) is 4.74 Å². The van der Waals surface area contributed by atoms with Crippen molar-refractivity contribution in [2.75, 3.05) is 7.11 Å². The molecule has 0 aromatic heterocycles. The Balaban J connectivity index is 2.35. The van der Waals surface area contributed by atoms with Crippen LogP contribution in [0.3, 0.4) is 0 Å². The van der Waals surface area contributed by atoms with Crippen molar-refractivity contribution < 1.29 is 9.53 Å². The van der Waals surface area contributed by atoms with Gasteiger partial charge in [-0.2, -0.15) is 0 Å². The van der Waals surface area contributed by atoms with Gasteiger partial charge >= 0.3 is 5.97 Å². The summed E-state index contributed by atoms with van der Waals surface area (Å²) in [7, 11) is 1.48. The lowest BCUT2D eigenvalue weighted by atomic mass is 9.79. The number of alkyl halides is 1. The lowest BCUT2D eigenvalue weighted by molar-refractivity contribution is -0.147. The molecule has 1 aromatic rings. The predicted octanol–water partition coefficient (Wildman–Crippen LogP) is 3.57. The molecule has 92 valence electrons. The smallest absolute Gasteiger partial charge is 0.316 e. The van der Waals surface area contributed by atoms with Crippen molar-refractivity contribution in [1.29, 1.82) is 0 Å². The monoisotopic (exact) mass is 296 g/mol. The summed E-state index contributed by atoms with van der Waals surface area (Å²) in [6, 6.07) is 8.29. The Morgan fingerprint density at radius 2 is 1.88 bits per heavy atom. The molecule has 0 bridgehead atoms. The Hall–Kier alpha value is -0.830. The van der Waals surface area contributed by atoms with Crippen molar-refractivity contribution in [3.8, 4) is 0 Å². The molecule has 17 heavy (non-hydrogen) atoms. The molecule has 0 amide bonds. The van der Waals surface area contributed by atoms with Crippen LogP contribution in [-0.4, -0.2) is 13.1 Å². The summed E-state index contributed by atoms with van der Waals surface area (Å²) in [5.41, 5.74) is 1.94. The Labute approximate surface area is 110 Å². The number of hydrogen-bond acceptors (Lipinski definition) is 2. The lowest BCUT2D eigenvalue weighted by Crippen LogP contribution is -2.33. The molecule has 0 N–H and O–H groups in total. The first kappa shape index (κ1) is 12.6. The highest BCUT2D eigenvalue weighted by molar-refractivity contribution is 9.08. The molecule has 0 unspecified atom stereocenters.